The third-order valence-electron chi connectivity index (χ3n) is 1.82. The molecule has 0 aliphatic heterocycles. The van der Waals surface area contributed by atoms with Crippen molar-refractivity contribution in [2.75, 3.05) is 0 Å². The van der Waals surface area contributed by atoms with E-state index in [2.05, 4.69) is 0 Å². The smallest absolute Gasteiger partial charge is 0.123 e. The van der Waals surface area contributed by atoms with Crippen LogP contribution in [0.5, 0.6) is 0 Å². The Morgan fingerprint density at radius 2 is 2.40 bits per heavy atom. The molecule has 0 spiro atoms. The quantitative estimate of drug-likeness (QED) is 0.679. The SMILES string of the molecule is CC[C@@](C)(N)c1ccco1. The van der Waals surface area contributed by atoms with Gasteiger partial charge in [-0.25, -0.2) is 0 Å². The van der Waals surface area contributed by atoms with Crippen LogP contribution in [0.4, 0.5) is 0 Å². The zero-order chi connectivity index (χ0) is 7.61. The summed E-state index contributed by atoms with van der Waals surface area (Å²) in [4.78, 5) is 0. The predicted octanol–water partition coefficient (Wildman–Crippen LogP) is 1.86. The molecular formula is C8H13NO. The number of furan rings is 1. The lowest BCUT2D eigenvalue weighted by atomic mass is 9.98. The Bertz CT molecular complexity index is 189. The summed E-state index contributed by atoms with van der Waals surface area (Å²) in [5, 5.41) is 0. The molecule has 0 saturated heterocycles. The van der Waals surface area contributed by atoms with Crippen LogP contribution in [-0.2, 0) is 5.54 Å². The Morgan fingerprint density at radius 3 is 2.80 bits per heavy atom. The molecule has 2 N–H and O–H groups in total. The van der Waals surface area contributed by atoms with Gasteiger partial charge in [-0.1, -0.05) is 6.92 Å². The van der Waals surface area contributed by atoms with Gasteiger partial charge in [-0.3, -0.25) is 0 Å². The molecule has 0 saturated carbocycles. The fourth-order valence-corrected chi connectivity index (χ4v) is 0.778. The Labute approximate surface area is 61.0 Å². The maximum atomic E-state index is 5.89. The third kappa shape index (κ3) is 1.21. The maximum Gasteiger partial charge on any atom is 0.123 e. The van der Waals surface area contributed by atoms with Gasteiger partial charge >= 0.3 is 0 Å². The van der Waals surface area contributed by atoms with E-state index in [4.69, 9.17) is 10.2 Å². The summed E-state index contributed by atoms with van der Waals surface area (Å²) in [6.07, 6.45) is 2.54. The van der Waals surface area contributed by atoms with Crippen molar-refractivity contribution < 1.29 is 4.42 Å². The zero-order valence-electron chi connectivity index (χ0n) is 6.42. The molecule has 56 valence electrons. The molecule has 0 unspecified atom stereocenters. The molecule has 1 rings (SSSR count). The summed E-state index contributed by atoms with van der Waals surface area (Å²) >= 11 is 0. The summed E-state index contributed by atoms with van der Waals surface area (Å²) in [6.45, 7) is 4.01. The van der Waals surface area contributed by atoms with Gasteiger partial charge in [-0.05, 0) is 25.5 Å². The highest BCUT2D eigenvalue weighted by atomic mass is 16.3. The Kier molecular flexibility index (Phi) is 1.81. The largest absolute Gasteiger partial charge is 0.467 e. The first kappa shape index (κ1) is 7.35. The van der Waals surface area contributed by atoms with E-state index in [0.29, 0.717) is 0 Å². The van der Waals surface area contributed by atoms with E-state index in [1.54, 1.807) is 6.26 Å². The van der Waals surface area contributed by atoms with E-state index in [9.17, 15) is 0 Å². The minimum absolute atomic E-state index is 0.302. The van der Waals surface area contributed by atoms with Crippen molar-refractivity contribution in [1.29, 1.82) is 0 Å². The second-order valence-electron chi connectivity index (χ2n) is 2.75. The summed E-state index contributed by atoms with van der Waals surface area (Å²) in [5.74, 6) is 0.856. The highest BCUT2D eigenvalue weighted by Crippen LogP contribution is 2.20. The summed E-state index contributed by atoms with van der Waals surface area (Å²) in [6, 6.07) is 3.76. The van der Waals surface area contributed by atoms with E-state index < -0.39 is 0 Å². The molecule has 2 nitrogen and oxygen atoms in total. The first-order chi connectivity index (χ1) is 4.67. The van der Waals surface area contributed by atoms with Gasteiger partial charge in [0.1, 0.15) is 5.76 Å². The number of rotatable bonds is 2. The molecule has 0 bridgehead atoms. The minimum atomic E-state index is -0.302. The molecule has 1 aromatic rings. The van der Waals surface area contributed by atoms with Crippen LogP contribution in [0.3, 0.4) is 0 Å². The van der Waals surface area contributed by atoms with Crippen molar-refractivity contribution in [3.63, 3.8) is 0 Å². The molecule has 1 heterocycles. The number of hydrogen-bond acceptors (Lipinski definition) is 2. The van der Waals surface area contributed by atoms with Crippen LogP contribution in [-0.4, -0.2) is 0 Å². The van der Waals surface area contributed by atoms with Gasteiger partial charge in [0.25, 0.3) is 0 Å². The fourth-order valence-electron chi connectivity index (χ4n) is 0.778. The first-order valence-electron chi connectivity index (χ1n) is 3.49. The second-order valence-corrected chi connectivity index (χ2v) is 2.75. The average Bonchev–Trinajstić information content (AvgIpc) is 2.38. The molecule has 0 aromatic carbocycles. The second kappa shape index (κ2) is 2.46. The van der Waals surface area contributed by atoms with Gasteiger partial charge < -0.3 is 10.2 Å². The van der Waals surface area contributed by atoms with E-state index in [-0.39, 0.29) is 5.54 Å². The standard InChI is InChI=1S/C8H13NO/c1-3-8(2,9)7-5-4-6-10-7/h4-6H,3,9H2,1-2H3/t8-/m1/s1. The van der Waals surface area contributed by atoms with E-state index in [1.807, 2.05) is 26.0 Å². The monoisotopic (exact) mass is 139 g/mol. The van der Waals surface area contributed by atoms with Crippen molar-refractivity contribution in [2.24, 2.45) is 5.73 Å². The summed E-state index contributed by atoms with van der Waals surface area (Å²) < 4.78 is 5.16. The van der Waals surface area contributed by atoms with Crippen LogP contribution in [0.25, 0.3) is 0 Å². The maximum absolute atomic E-state index is 5.89. The molecule has 10 heavy (non-hydrogen) atoms. The van der Waals surface area contributed by atoms with Gasteiger partial charge in [0, 0.05) is 0 Å². The Morgan fingerprint density at radius 1 is 1.70 bits per heavy atom. The molecule has 0 amide bonds. The molecule has 1 atom stereocenters. The molecule has 0 aliphatic rings. The van der Waals surface area contributed by atoms with Gasteiger partial charge in [0.15, 0.2) is 0 Å². The van der Waals surface area contributed by atoms with Gasteiger partial charge in [-0.2, -0.15) is 0 Å². The van der Waals surface area contributed by atoms with Crippen molar-refractivity contribution in [1.82, 2.24) is 0 Å². The van der Waals surface area contributed by atoms with Crippen LogP contribution in [0.1, 0.15) is 26.0 Å². The van der Waals surface area contributed by atoms with Crippen molar-refractivity contribution in [2.45, 2.75) is 25.8 Å². The molecule has 0 fully saturated rings. The van der Waals surface area contributed by atoms with Crippen molar-refractivity contribution in [3.05, 3.63) is 24.2 Å². The Balaban J connectivity index is 2.85. The normalized spacial score (nSPS) is 16.7. The van der Waals surface area contributed by atoms with Crippen LogP contribution in [0.15, 0.2) is 22.8 Å². The van der Waals surface area contributed by atoms with Crippen LogP contribution >= 0.6 is 0 Å². The topological polar surface area (TPSA) is 39.2 Å². The lowest BCUT2D eigenvalue weighted by molar-refractivity contribution is 0.359. The van der Waals surface area contributed by atoms with Gasteiger partial charge in [0.2, 0.25) is 0 Å². The van der Waals surface area contributed by atoms with E-state index in [0.717, 1.165) is 12.2 Å². The van der Waals surface area contributed by atoms with Gasteiger partial charge in [0.05, 0.1) is 11.8 Å². The molecular weight excluding hydrogens is 126 g/mol. The molecule has 2 heteroatoms. The lowest BCUT2D eigenvalue weighted by Crippen LogP contribution is -2.31. The first-order valence-corrected chi connectivity index (χ1v) is 3.49. The zero-order valence-corrected chi connectivity index (χ0v) is 6.42. The number of nitrogens with two attached hydrogens (primary N) is 1. The summed E-state index contributed by atoms with van der Waals surface area (Å²) in [7, 11) is 0. The minimum Gasteiger partial charge on any atom is -0.467 e. The van der Waals surface area contributed by atoms with Crippen LogP contribution in [0.2, 0.25) is 0 Å². The van der Waals surface area contributed by atoms with Gasteiger partial charge in [-0.15, -0.1) is 0 Å². The van der Waals surface area contributed by atoms with E-state index >= 15 is 0 Å². The highest BCUT2D eigenvalue weighted by molar-refractivity contribution is 5.09. The molecule has 0 radical (unpaired) electrons. The van der Waals surface area contributed by atoms with Crippen molar-refractivity contribution in [3.8, 4) is 0 Å². The number of hydrogen-bond donors (Lipinski definition) is 1. The summed E-state index contributed by atoms with van der Waals surface area (Å²) in [5.41, 5.74) is 5.59. The van der Waals surface area contributed by atoms with Crippen LogP contribution in [0, 0.1) is 0 Å². The van der Waals surface area contributed by atoms with Crippen molar-refractivity contribution >= 4 is 0 Å². The lowest BCUT2D eigenvalue weighted by Gasteiger charge is -2.18. The molecule has 0 aliphatic carbocycles. The Hall–Kier alpha value is -0.760. The molecule has 1 aromatic heterocycles. The highest BCUT2D eigenvalue weighted by Gasteiger charge is 2.20. The fraction of sp³-hybridized carbons (Fsp3) is 0.500. The third-order valence-corrected chi connectivity index (χ3v) is 1.82. The average molecular weight is 139 g/mol. The van der Waals surface area contributed by atoms with Crippen LogP contribution < -0.4 is 5.73 Å². The predicted molar refractivity (Wildman–Crippen MR) is 40.5 cm³/mol. The van der Waals surface area contributed by atoms with E-state index in [1.165, 1.54) is 0 Å².